The van der Waals surface area contributed by atoms with Crippen molar-refractivity contribution in [2.24, 2.45) is 0 Å². The molecule has 0 aliphatic carbocycles. The Hall–Kier alpha value is -0.900. The molecule has 0 bridgehead atoms. The Bertz CT molecular complexity index is 367. The number of alkyl halides is 3. The van der Waals surface area contributed by atoms with Gasteiger partial charge in [-0.05, 0) is 24.1 Å². The molecule has 0 unspecified atom stereocenters. The van der Waals surface area contributed by atoms with Crippen LogP contribution in [-0.4, -0.2) is 5.75 Å². The van der Waals surface area contributed by atoms with Crippen molar-refractivity contribution in [1.82, 2.24) is 0 Å². The summed E-state index contributed by atoms with van der Waals surface area (Å²) in [6.07, 6.45) is -0.954. The molecule has 1 aromatic rings. The van der Waals surface area contributed by atoms with Crippen LogP contribution < -0.4 is 0 Å². The lowest BCUT2D eigenvalue weighted by atomic mass is 10.0. The lowest BCUT2D eigenvalue weighted by Gasteiger charge is -2.10. The van der Waals surface area contributed by atoms with E-state index in [1.54, 1.807) is 18.2 Å². The van der Waals surface area contributed by atoms with Crippen LogP contribution in [-0.2, 0) is 6.18 Å². The van der Waals surface area contributed by atoms with Gasteiger partial charge >= 0.3 is 6.18 Å². The average Bonchev–Trinajstić information content (AvgIpc) is 2.15. The molecule has 0 heterocycles. The SMILES string of the molecule is Cc1ccc(C=CCS)cc1C(F)(F)F. The van der Waals surface area contributed by atoms with E-state index >= 15 is 0 Å². The summed E-state index contributed by atoms with van der Waals surface area (Å²) < 4.78 is 37.5. The van der Waals surface area contributed by atoms with Crippen molar-refractivity contribution in [1.29, 1.82) is 0 Å². The summed E-state index contributed by atoms with van der Waals surface area (Å²) in [6, 6.07) is 4.28. The van der Waals surface area contributed by atoms with Gasteiger partial charge in [0.25, 0.3) is 0 Å². The Morgan fingerprint density at radius 3 is 2.53 bits per heavy atom. The van der Waals surface area contributed by atoms with Crippen LogP contribution in [0.1, 0.15) is 16.7 Å². The van der Waals surface area contributed by atoms with Gasteiger partial charge in [0.05, 0.1) is 5.56 Å². The van der Waals surface area contributed by atoms with E-state index in [1.165, 1.54) is 13.0 Å². The summed E-state index contributed by atoms with van der Waals surface area (Å²) in [7, 11) is 0. The minimum Gasteiger partial charge on any atom is -0.175 e. The molecule has 0 aliphatic heterocycles. The third-order valence-electron chi connectivity index (χ3n) is 1.98. The van der Waals surface area contributed by atoms with E-state index in [1.807, 2.05) is 0 Å². The predicted octanol–water partition coefficient (Wildman–Crippen LogP) is 3.96. The van der Waals surface area contributed by atoms with Gasteiger partial charge in [-0.3, -0.25) is 0 Å². The Morgan fingerprint density at radius 2 is 2.00 bits per heavy atom. The first-order chi connectivity index (χ1) is 6.95. The summed E-state index contributed by atoms with van der Waals surface area (Å²) in [5.74, 6) is 0.509. The second kappa shape index (κ2) is 4.75. The van der Waals surface area contributed by atoms with Crippen molar-refractivity contribution in [3.05, 3.63) is 41.0 Å². The minimum atomic E-state index is -4.28. The molecule has 0 radical (unpaired) electrons. The number of thiol groups is 1. The van der Waals surface area contributed by atoms with E-state index in [-0.39, 0.29) is 5.56 Å². The molecule has 0 amide bonds. The third kappa shape index (κ3) is 3.30. The minimum absolute atomic E-state index is 0.241. The highest BCUT2D eigenvalue weighted by atomic mass is 32.1. The number of benzene rings is 1. The van der Waals surface area contributed by atoms with Crippen LogP contribution in [0.2, 0.25) is 0 Å². The number of hydrogen-bond donors (Lipinski definition) is 1. The van der Waals surface area contributed by atoms with Gasteiger partial charge in [-0.25, -0.2) is 0 Å². The van der Waals surface area contributed by atoms with Crippen molar-refractivity contribution < 1.29 is 13.2 Å². The van der Waals surface area contributed by atoms with Crippen LogP contribution >= 0.6 is 12.6 Å². The summed E-state index contributed by atoms with van der Waals surface area (Å²) in [6.45, 7) is 1.45. The topological polar surface area (TPSA) is 0 Å². The monoisotopic (exact) mass is 232 g/mol. The van der Waals surface area contributed by atoms with Crippen LogP contribution in [0, 0.1) is 6.92 Å². The number of hydrogen-bond acceptors (Lipinski definition) is 1. The Balaban J connectivity index is 3.11. The van der Waals surface area contributed by atoms with Gasteiger partial charge in [0.2, 0.25) is 0 Å². The number of aryl methyl sites for hydroxylation is 1. The van der Waals surface area contributed by atoms with E-state index in [2.05, 4.69) is 12.6 Å². The molecule has 0 spiro atoms. The molecular weight excluding hydrogens is 221 g/mol. The first kappa shape index (κ1) is 12.2. The zero-order chi connectivity index (χ0) is 11.5. The molecule has 0 saturated heterocycles. The molecule has 82 valence electrons. The highest BCUT2D eigenvalue weighted by Crippen LogP contribution is 2.32. The second-order valence-electron chi connectivity index (χ2n) is 3.16. The van der Waals surface area contributed by atoms with Crippen LogP contribution in [0.15, 0.2) is 24.3 Å². The molecule has 1 aromatic carbocycles. The largest absolute Gasteiger partial charge is 0.416 e. The fourth-order valence-electron chi connectivity index (χ4n) is 1.24. The normalized spacial score (nSPS) is 12.3. The first-order valence-corrected chi connectivity index (χ1v) is 5.03. The van der Waals surface area contributed by atoms with E-state index < -0.39 is 11.7 Å². The molecule has 0 nitrogen and oxygen atoms in total. The Labute approximate surface area is 92.2 Å². The molecule has 15 heavy (non-hydrogen) atoms. The zero-order valence-corrected chi connectivity index (χ0v) is 9.07. The zero-order valence-electron chi connectivity index (χ0n) is 8.17. The summed E-state index contributed by atoms with van der Waals surface area (Å²) in [5, 5.41) is 0. The fourth-order valence-corrected chi connectivity index (χ4v) is 1.34. The van der Waals surface area contributed by atoms with Gasteiger partial charge in [-0.2, -0.15) is 25.8 Å². The molecule has 4 heteroatoms. The highest BCUT2D eigenvalue weighted by Gasteiger charge is 2.32. The first-order valence-electron chi connectivity index (χ1n) is 4.40. The summed E-state index contributed by atoms with van der Waals surface area (Å²) in [4.78, 5) is 0. The molecule has 0 aromatic heterocycles. The molecule has 1 rings (SSSR count). The van der Waals surface area contributed by atoms with Gasteiger partial charge in [0.1, 0.15) is 0 Å². The predicted molar refractivity (Wildman–Crippen MR) is 59.1 cm³/mol. The van der Waals surface area contributed by atoms with E-state index in [4.69, 9.17) is 0 Å². The lowest BCUT2D eigenvalue weighted by Crippen LogP contribution is -2.07. The fraction of sp³-hybridized carbons (Fsp3) is 0.273. The number of halogens is 3. The maximum Gasteiger partial charge on any atom is 0.416 e. The molecule has 0 N–H and O–H groups in total. The van der Waals surface area contributed by atoms with E-state index in [0.29, 0.717) is 11.3 Å². The van der Waals surface area contributed by atoms with Crippen LogP contribution in [0.25, 0.3) is 6.08 Å². The van der Waals surface area contributed by atoms with Gasteiger partial charge in [0, 0.05) is 5.75 Å². The van der Waals surface area contributed by atoms with Crippen LogP contribution in [0.5, 0.6) is 0 Å². The number of rotatable bonds is 2. The van der Waals surface area contributed by atoms with Gasteiger partial charge in [-0.15, -0.1) is 0 Å². The Morgan fingerprint density at radius 1 is 1.33 bits per heavy atom. The van der Waals surface area contributed by atoms with E-state index in [0.717, 1.165) is 6.07 Å². The van der Waals surface area contributed by atoms with Gasteiger partial charge in [-0.1, -0.05) is 24.3 Å². The maximum atomic E-state index is 12.5. The van der Waals surface area contributed by atoms with Crippen molar-refractivity contribution >= 4 is 18.7 Å². The molecule has 0 saturated carbocycles. The van der Waals surface area contributed by atoms with E-state index in [9.17, 15) is 13.2 Å². The average molecular weight is 232 g/mol. The van der Waals surface area contributed by atoms with Gasteiger partial charge < -0.3 is 0 Å². The lowest BCUT2D eigenvalue weighted by molar-refractivity contribution is -0.138. The van der Waals surface area contributed by atoms with Gasteiger partial charge in [0.15, 0.2) is 0 Å². The standard InChI is InChI=1S/C11H11F3S/c1-8-4-5-9(3-2-6-15)7-10(8)11(12,13)14/h2-5,7,15H,6H2,1H3. The van der Waals surface area contributed by atoms with Crippen molar-refractivity contribution in [3.63, 3.8) is 0 Å². The quantitative estimate of drug-likeness (QED) is 0.733. The Kier molecular flexibility index (Phi) is 3.85. The second-order valence-corrected chi connectivity index (χ2v) is 3.52. The van der Waals surface area contributed by atoms with Crippen molar-refractivity contribution in [2.45, 2.75) is 13.1 Å². The van der Waals surface area contributed by atoms with Crippen LogP contribution in [0.3, 0.4) is 0 Å². The highest BCUT2D eigenvalue weighted by molar-refractivity contribution is 7.80. The molecule has 0 aliphatic rings. The molecular formula is C11H11F3S. The molecule has 0 fully saturated rings. The smallest absolute Gasteiger partial charge is 0.175 e. The third-order valence-corrected chi connectivity index (χ3v) is 2.19. The molecule has 0 atom stereocenters. The summed E-state index contributed by atoms with van der Waals surface area (Å²) >= 11 is 3.95. The summed E-state index contributed by atoms with van der Waals surface area (Å²) in [5.41, 5.74) is 0.205. The maximum absolute atomic E-state index is 12.5. The van der Waals surface area contributed by atoms with Crippen molar-refractivity contribution in [2.75, 3.05) is 5.75 Å². The van der Waals surface area contributed by atoms with Crippen molar-refractivity contribution in [3.8, 4) is 0 Å². The van der Waals surface area contributed by atoms with Crippen LogP contribution in [0.4, 0.5) is 13.2 Å².